The summed E-state index contributed by atoms with van der Waals surface area (Å²) in [5, 5.41) is 45.2. The second kappa shape index (κ2) is 7.55. The standard InChI is InChI=1S/C54H22/c1-3-9-25-23(7-1)31-15-19-35-29-13-5-11-27-28-12-6-14-30-36-20-16-32-24-8-2-4-10-26(24)34-18-22-38-37-21-17-33(25)43-41(31)45(35)51-49(39(27)29)50(40(28)30)52-46(36)42(32)44(34)48(38)54(52)53(51)47(37)43/h1-22H. The van der Waals surface area contributed by atoms with Gasteiger partial charge >= 0.3 is 0 Å². The van der Waals surface area contributed by atoms with Gasteiger partial charge in [-0.15, -0.1) is 0 Å². The van der Waals surface area contributed by atoms with Gasteiger partial charge in [0, 0.05) is 0 Å². The lowest BCUT2D eigenvalue weighted by Gasteiger charge is -2.31. The van der Waals surface area contributed by atoms with Gasteiger partial charge in [-0.1, -0.05) is 133 Å². The Morgan fingerprint density at radius 2 is 0.278 bits per heavy atom. The minimum absolute atomic E-state index is 1.35. The van der Waals surface area contributed by atoms with Gasteiger partial charge in [0.1, 0.15) is 0 Å². The zero-order valence-electron chi connectivity index (χ0n) is 28.7. The fraction of sp³-hybridized carbons (Fsp3) is 0. The smallest absolute Gasteiger partial charge is 0.0000242 e. The minimum Gasteiger partial charge on any atom is -0.0616 e. The normalized spacial score (nSPS) is 13.9. The van der Waals surface area contributed by atoms with Crippen molar-refractivity contribution in [2.75, 3.05) is 0 Å². The summed E-state index contributed by atoms with van der Waals surface area (Å²) in [7, 11) is 0. The van der Waals surface area contributed by atoms with E-state index >= 15 is 0 Å². The first-order valence-electron chi connectivity index (χ1n) is 19.3. The van der Waals surface area contributed by atoms with Crippen LogP contribution in [-0.4, -0.2) is 0 Å². The van der Waals surface area contributed by atoms with Crippen LogP contribution >= 0.6 is 0 Å². The average Bonchev–Trinajstić information content (AvgIpc) is 3.24. The van der Waals surface area contributed by atoms with E-state index in [1.807, 2.05) is 0 Å². The lowest BCUT2D eigenvalue weighted by atomic mass is 9.71. The molecule has 0 radical (unpaired) electrons. The van der Waals surface area contributed by atoms with Gasteiger partial charge in [0.15, 0.2) is 0 Å². The van der Waals surface area contributed by atoms with Crippen molar-refractivity contribution < 1.29 is 0 Å². The molecule has 17 aromatic rings. The zero-order chi connectivity index (χ0) is 34.0. The molecule has 0 nitrogen and oxygen atoms in total. The number of benzene rings is 17. The third-order valence-electron chi connectivity index (χ3n) is 14.6. The molecule has 238 valence electrons. The molecule has 0 aliphatic heterocycles. The van der Waals surface area contributed by atoms with E-state index in [1.54, 1.807) is 0 Å². The maximum Gasteiger partial charge on any atom is -0.0000242 e. The molecule has 0 amide bonds. The third kappa shape index (κ3) is 2.20. The lowest BCUT2D eigenvalue weighted by molar-refractivity contribution is 1.81. The summed E-state index contributed by atoms with van der Waals surface area (Å²) in [5.74, 6) is 0. The second-order valence-electron chi connectivity index (χ2n) is 16.4. The maximum atomic E-state index is 2.48. The Labute approximate surface area is 304 Å². The molecular formula is C54H22. The van der Waals surface area contributed by atoms with Crippen molar-refractivity contribution in [2.24, 2.45) is 0 Å². The first-order valence-corrected chi connectivity index (χ1v) is 19.3. The van der Waals surface area contributed by atoms with E-state index in [9.17, 15) is 0 Å². The molecule has 0 aliphatic rings. The number of fused-ring (bicyclic) bond motifs is 10. The van der Waals surface area contributed by atoms with Crippen LogP contribution in [0.4, 0.5) is 0 Å². The fourth-order valence-electron chi connectivity index (χ4n) is 13.0. The van der Waals surface area contributed by atoms with Crippen molar-refractivity contribution in [3.05, 3.63) is 133 Å². The Kier molecular flexibility index (Phi) is 3.50. The molecule has 0 N–H and O–H groups in total. The van der Waals surface area contributed by atoms with Crippen LogP contribution in [0.5, 0.6) is 0 Å². The van der Waals surface area contributed by atoms with Gasteiger partial charge in [-0.3, -0.25) is 0 Å². The van der Waals surface area contributed by atoms with E-state index in [1.165, 1.54) is 172 Å². The average molecular weight is 671 g/mol. The lowest BCUT2D eigenvalue weighted by Crippen LogP contribution is -2.01. The summed E-state index contributed by atoms with van der Waals surface area (Å²) in [6.07, 6.45) is 0. The summed E-state index contributed by atoms with van der Waals surface area (Å²) in [5.41, 5.74) is 0. The molecule has 0 atom stereocenters. The van der Waals surface area contributed by atoms with E-state index < -0.39 is 0 Å². The molecule has 0 fully saturated rings. The second-order valence-corrected chi connectivity index (χ2v) is 16.4. The van der Waals surface area contributed by atoms with Crippen molar-refractivity contribution in [3.8, 4) is 0 Å². The first-order chi connectivity index (χ1) is 26.9. The van der Waals surface area contributed by atoms with Gasteiger partial charge < -0.3 is 0 Å². The van der Waals surface area contributed by atoms with Crippen molar-refractivity contribution in [1.82, 2.24) is 0 Å². The van der Waals surface area contributed by atoms with E-state index in [-0.39, 0.29) is 0 Å². The van der Waals surface area contributed by atoms with Crippen molar-refractivity contribution in [2.45, 2.75) is 0 Å². The van der Waals surface area contributed by atoms with Gasteiger partial charge in [-0.2, -0.15) is 0 Å². The Morgan fingerprint density at radius 1 is 0.111 bits per heavy atom. The quantitative estimate of drug-likeness (QED) is 0.111. The number of rotatable bonds is 0. The highest BCUT2D eigenvalue weighted by molar-refractivity contribution is 6.64. The van der Waals surface area contributed by atoms with E-state index in [0.29, 0.717) is 0 Å². The summed E-state index contributed by atoms with van der Waals surface area (Å²) in [6, 6.07) is 52.1. The molecule has 54 heavy (non-hydrogen) atoms. The van der Waals surface area contributed by atoms with Crippen molar-refractivity contribution >= 4 is 172 Å². The molecule has 0 bridgehead atoms. The minimum atomic E-state index is 1.35. The molecule has 0 heteroatoms. The Balaban J connectivity index is 1.40. The molecule has 0 unspecified atom stereocenters. The molecule has 0 saturated carbocycles. The zero-order valence-corrected chi connectivity index (χ0v) is 28.7. The van der Waals surface area contributed by atoms with Crippen LogP contribution < -0.4 is 0 Å². The molecule has 0 spiro atoms. The molecule has 17 rings (SSSR count). The molecular weight excluding hydrogens is 649 g/mol. The van der Waals surface area contributed by atoms with Crippen LogP contribution in [0, 0.1) is 0 Å². The summed E-state index contributed by atoms with van der Waals surface area (Å²) < 4.78 is 0. The van der Waals surface area contributed by atoms with Crippen molar-refractivity contribution in [3.63, 3.8) is 0 Å². The number of hydrogen-bond donors (Lipinski definition) is 0. The van der Waals surface area contributed by atoms with E-state index in [2.05, 4.69) is 133 Å². The van der Waals surface area contributed by atoms with Crippen LogP contribution in [0.25, 0.3) is 172 Å². The van der Waals surface area contributed by atoms with Crippen LogP contribution in [0.15, 0.2) is 133 Å². The summed E-state index contributed by atoms with van der Waals surface area (Å²) >= 11 is 0. The van der Waals surface area contributed by atoms with E-state index in [0.717, 1.165) is 0 Å². The third-order valence-corrected chi connectivity index (χ3v) is 14.6. The molecule has 0 saturated heterocycles. The van der Waals surface area contributed by atoms with Crippen molar-refractivity contribution in [1.29, 1.82) is 0 Å². The Bertz CT molecular complexity index is 4210. The topological polar surface area (TPSA) is 0 Å². The van der Waals surface area contributed by atoms with Crippen LogP contribution in [0.2, 0.25) is 0 Å². The van der Waals surface area contributed by atoms with Gasteiger partial charge in [0.25, 0.3) is 0 Å². The summed E-state index contributed by atoms with van der Waals surface area (Å²) in [4.78, 5) is 0. The van der Waals surface area contributed by atoms with Gasteiger partial charge in [0.05, 0.1) is 0 Å². The highest BCUT2D eigenvalue weighted by atomic mass is 14.3. The van der Waals surface area contributed by atoms with Gasteiger partial charge in [-0.05, 0) is 172 Å². The van der Waals surface area contributed by atoms with Crippen LogP contribution in [0.1, 0.15) is 0 Å². The largest absolute Gasteiger partial charge is 0.0616 e. The molecule has 17 aromatic carbocycles. The van der Waals surface area contributed by atoms with E-state index in [4.69, 9.17) is 0 Å². The summed E-state index contributed by atoms with van der Waals surface area (Å²) in [6.45, 7) is 0. The molecule has 0 heterocycles. The Hall–Kier alpha value is -7.02. The maximum absolute atomic E-state index is 2.48. The van der Waals surface area contributed by atoms with Crippen LogP contribution in [-0.2, 0) is 0 Å². The predicted octanol–water partition coefficient (Wildman–Crippen LogP) is 15.6. The predicted molar refractivity (Wildman–Crippen MR) is 236 cm³/mol. The van der Waals surface area contributed by atoms with Crippen LogP contribution in [0.3, 0.4) is 0 Å². The van der Waals surface area contributed by atoms with Gasteiger partial charge in [-0.25, -0.2) is 0 Å². The first kappa shape index (κ1) is 25.0. The molecule has 0 aromatic heterocycles. The monoisotopic (exact) mass is 670 g/mol. The number of hydrogen-bond acceptors (Lipinski definition) is 0. The van der Waals surface area contributed by atoms with Gasteiger partial charge in [0.2, 0.25) is 0 Å². The highest BCUT2D eigenvalue weighted by Crippen LogP contribution is 2.62. The Morgan fingerprint density at radius 3 is 0.537 bits per heavy atom. The highest BCUT2D eigenvalue weighted by Gasteiger charge is 2.33. The molecule has 0 aliphatic carbocycles. The fourth-order valence-corrected chi connectivity index (χ4v) is 13.0. The SMILES string of the molecule is c1ccc2c(c1)c1ccc3c4cccc5c6cccc7c8ccc9c%10ccccc%10c%10ccc%11c%12ccc2c2c1c3c1c(c54)c(c67)c3c8c9c%10c%11c3c1c%122.